The number of fused-ring (bicyclic) bond motifs is 1. The van der Waals surface area contributed by atoms with Crippen LogP contribution < -0.4 is 4.65 Å². The largest absolute Gasteiger partial charge is 0.656 e. The smallest absolute Gasteiger partial charge is 0.577 e. The number of benzene rings is 1. The number of carbonyl (C=O) groups excluding carboxylic acids is 1. The molecule has 0 N–H and O–H groups in total. The van der Waals surface area contributed by atoms with Gasteiger partial charge in [-0.3, -0.25) is 4.10 Å². The summed E-state index contributed by atoms with van der Waals surface area (Å²) in [5.74, 6) is 0.396. The molecule has 3 nitrogen and oxygen atoms in total. The Bertz CT molecular complexity index is 414. The molecule has 2 atom stereocenters. The summed E-state index contributed by atoms with van der Waals surface area (Å²) >= 11 is -0.748. The summed E-state index contributed by atoms with van der Waals surface area (Å²) in [6.07, 6.45) is 1.72. The fourth-order valence-electron chi connectivity index (χ4n) is 1.36. The number of para-hydroxylation sites is 1. The zero-order valence-corrected chi connectivity index (χ0v) is 9.21. The lowest BCUT2D eigenvalue weighted by molar-refractivity contribution is -0.113. The Labute approximate surface area is 90.2 Å². The van der Waals surface area contributed by atoms with E-state index in [1.807, 2.05) is 6.07 Å². The van der Waals surface area contributed by atoms with Crippen molar-refractivity contribution in [3.63, 3.8) is 0 Å². The summed E-state index contributed by atoms with van der Waals surface area (Å²) in [5.41, 5.74) is -0.719. The Morgan fingerprint density at radius 2 is 2.13 bits per heavy atom. The normalized spacial score (nSPS) is 29.1. The first kappa shape index (κ1) is 10.5. The maximum atomic E-state index is 13.9. The molecule has 0 bridgehead atoms. The first-order chi connectivity index (χ1) is 7.03. The highest BCUT2D eigenvalue weighted by atomic mass is 32.2. The van der Waals surface area contributed by atoms with E-state index >= 15 is 0 Å². The molecule has 1 aliphatic rings. The molecule has 6 heteroatoms. The van der Waals surface area contributed by atoms with Crippen molar-refractivity contribution in [3.05, 3.63) is 24.3 Å². The van der Waals surface area contributed by atoms with E-state index in [9.17, 15) is 9.11 Å². The van der Waals surface area contributed by atoms with Crippen molar-refractivity contribution in [3.8, 4) is 5.75 Å². The molecule has 0 amide bonds. The molecule has 0 radical (unpaired) electrons. The van der Waals surface area contributed by atoms with Crippen LogP contribution in [0.5, 0.6) is 5.75 Å². The number of rotatable bonds is 1. The van der Waals surface area contributed by atoms with E-state index in [4.69, 9.17) is 8.75 Å². The van der Waals surface area contributed by atoms with Crippen molar-refractivity contribution in [2.45, 2.75) is 11.8 Å². The average molecular weight is 228 g/mol. The van der Waals surface area contributed by atoms with E-state index in [-0.39, 0.29) is 0 Å². The third kappa shape index (κ3) is 1.75. The fourth-order valence-corrected chi connectivity index (χ4v) is 2.68. The Morgan fingerprint density at radius 3 is 2.80 bits per heavy atom. The van der Waals surface area contributed by atoms with Crippen LogP contribution in [0.1, 0.15) is 6.92 Å². The van der Waals surface area contributed by atoms with Gasteiger partial charge in [0.15, 0.2) is 0 Å². The first-order valence-electron chi connectivity index (χ1n) is 4.49. The van der Waals surface area contributed by atoms with Crippen molar-refractivity contribution in [1.82, 2.24) is 0 Å². The number of hydrogen-bond donors (Lipinski definition) is 0. The van der Waals surface area contributed by atoms with Gasteiger partial charge in [0, 0.05) is 6.07 Å². The monoisotopic (exact) mass is 228 g/mol. The van der Waals surface area contributed by atoms with E-state index in [1.165, 1.54) is 0 Å². The minimum Gasteiger partial charge on any atom is -0.656 e. The lowest BCUT2D eigenvalue weighted by atomic mass is 9.78. The Hall–Kier alpha value is -1.01. The van der Waals surface area contributed by atoms with Crippen LogP contribution >= 0.6 is 0 Å². The van der Waals surface area contributed by atoms with Crippen LogP contribution in [0.15, 0.2) is 29.2 Å². The predicted octanol–water partition coefficient (Wildman–Crippen LogP) is 1.65. The van der Waals surface area contributed by atoms with Crippen molar-refractivity contribution in [1.29, 1.82) is 0 Å². The molecule has 80 valence electrons. The molecule has 2 unspecified atom stereocenters. The topological polar surface area (TPSA) is 35.5 Å². The highest BCUT2D eigenvalue weighted by Gasteiger charge is 2.48. The second-order valence-electron chi connectivity index (χ2n) is 3.34. The van der Waals surface area contributed by atoms with Crippen LogP contribution in [0.4, 0.5) is 4.32 Å². The summed E-state index contributed by atoms with van der Waals surface area (Å²) < 4.78 is 23.9. The van der Waals surface area contributed by atoms with Crippen molar-refractivity contribution >= 4 is 23.7 Å². The van der Waals surface area contributed by atoms with Crippen LogP contribution in [0.3, 0.4) is 0 Å². The van der Waals surface area contributed by atoms with Gasteiger partial charge in [-0.2, -0.15) is 0 Å². The van der Waals surface area contributed by atoms with E-state index in [1.54, 1.807) is 24.5 Å². The standard InChI is InChI=1S/C9H10BFO3S/c1-7(12)10(11)13-8-5-3-4-6-9(8)15(2)14-10/h3-6H,1-2H3. The summed E-state index contributed by atoms with van der Waals surface area (Å²) in [7, 11) is 0. The van der Waals surface area contributed by atoms with Crippen LogP contribution in [0.25, 0.3) is 0 Å². The molecule has 0 spiro atoms. The van der Waals surface area contributed by atoms with Gasteiger partial charge in [-0.15, -0.1) is 0 Å². The second-order valence-corrected chi connectivity index (χ2v) is 4.89. The van der Waals surface area contributed by atoms with Crippen molar-refractivity contribution < 1.29 is 17.9 Å². The lowest BCUT2D eigenvalue weighted by Crippen LogP contribution is -2.52. The number of hydrogen-bond acceptors (Lipinski definition) is 3. The van der Waals surface area contributed by atoms with Crippen LogP contribution in [0, 0.1) is 0 Å². The molecule has 1 aliphatic heterocycles. The van der Waals surface area contributed by atoms with Gasteiger partial charge in [0.1, 0.15) is 23.2 Å². The van der Waals surface area contributed by atoms with Gasteiger partial charge in [-0.05, 0) is 13.0 Å². The molecule has 0 aromatic heterocycles. The van der Waals surface area contributed by atoms with Crippen molar-refractivity contribution in [2.24, 2.45) is 0 Å². The summed E-state index contributed by atoms with van der Waals surface area (Å²) in [4.78, 5) is 11.9. The molecule has 0 saturated carbocycles. The fraction of sp³-hybridized carbons (Fsp3) is 0.222. The third-order valence-corrected chi connectivity index (χ3v) is 3.68. The summed E-state index contributed by atoms with van der Waals surface area (Å²) in [6.45, 7) is -2.19. The lowest BCUT2D eigenvalue weighted by Gasteiger charge is -2.34. The molecule has 1 heterocycles. The second kappa shape index (κ2) is 3.54. The molecule has 2 rings (SSSR count). The van der Waals surface area contributed by atoms with Gasteiger partial charge in [-0.25, -0.2) is 0 Å². The predicted molar refractivity (Wildman–Crippen MR) is 57.3 cm³/mol. The third-order valence-electron chi connectivity index (χ3n) is 2.19. The van der Waals surface area contributed by atoms with E-state index < -0.39 is 23.7 Å². The number of halogens is 1. The van der Waals surface area contributed by atoms with Gasteiger partial charge >= 0.3 is 6.83 Å². The molecule has 1 aromatic rings. The van der Waals surface area contributed by atoms with Gasteiger partial charge in [0.05, 0.1) is 5.68 Å². The highest BCUT2D eigenvalue weighted by molar-refractivity contribution is 7.93. The molecular weight excluding hydrogens is 218 g/mol. The molecule has 15 heavy (non-hydrogen) atoms. The Kier molecular flexibility index (Phi) is 2.48. The highest BCUT2D eigenvalue weighted by Crippen LogP contribution is 2.35. The van der Waals surface area contributed by atoms with Crippen molar-refractivity contribution in [2.75, 3.05) is 6.26 Å². The quantitative estimate of drug-likeness (QED) is 0.541. The molecule has 0 fully saturated rings. The molecule has 0 aliphatic carbocycles. The Balaban J connectivity index is 2.42. The minimum atomic E-state index is -3.32. The van der Waals surface area contributed by atoms with E-state index in [0.717, 1.165) is 11.8 Å². The van der Waals surface area contributed by atoms with E-state index in [0.29, 0.717) is 5.75 Å². The zero-order chi connectivity index (χ0) is 11.1. The summed E-state index contributed by atoms with van der Waals surface area (Å²) in [6, 6.07) is 6.99. The first-order valence-corrected chi connectivity index (χ1v) is 6.05. The van der Waals surface area contributed by atoms with E-state index in [2.05, 4.69) is 0 Å². The van der Waals surface area contributed by atoms with Gasteiger partial charge in [0.2, 0.25) is 4.90 Å². The van der Waals surface area contributed by atoms with Crippen LogP contribution in [0.2, 0.25) is 0 Å². The zero-order valence-electron chi connectivity index (χ0n) is 8.40. The Morgan fingerprint density at radius 1 is 1.47 bits per heavy atom. The molecular formula is C9H10BFO3S. The van der Waals surface area contributed by atoms with Gasteiger partial charge in [-0.1, -0.05) is 12.1 Å². The minimum absolute atomic E-state index is 0.396. The molecule has 1 aromatic carbocycles. The van der Waals surface area contributed by atoms with Gasteiger partial charge in [0.25, 0.3) is 0 Å². The maximum Gasteiger partial charge on any atom is 0.577 e. The van der Waals surface area contributed by atoms with Crippen LogP contribution in [-0.4, -0.2) is 18.8 Å². The maximum absolute atomic E-state index is 13.9. The van der Waals surface area contributed by atoms with Gasteiger partial charge < -0.3 is 13.8 Å². The summed E-state index contributed by atoms with van der Waals surface area (Å²) in [5, 5.41) is 0. The SMILES string of the molecule is CC(=O)[B-]1(F)Oc2ccccc2[S+](C)O1. The van der Waals surface area contributed by atoms with Crippen LogP contribution in [-0.2, 0) is 20.1 Å². The molecule has 0 saturated heterocycles. The average Bonchev–Trinajstić information content (AvgIpc) is 2.17. The number of carbonyl (C=O) groups is 1.